The van der Waals surface area contributed by atoms with Crippen molar-refractivity contribution in [1.29, 1.82) is 0 Å². The molecule has 2 aromatic carbocycles. The van der Waals surface area contributed by atoms with Crippen LogP contribution in [0.2, 0.25) is 0 Å². The molecule has 3 aromatic rings. The summed E-state index contributed by atoms with van der Waals surface area (Å²) in [7, 11) is 1.31. The summed E-state index contributed by atoms with van der Waals surface area (Å²) in [5.74, 6) is -2.32. The molecule has 0 saturated heterocycles. The second-order valence-electron chi connectivity index (χ2n) is 6.06. The lowest BCUT2D eigenvalue weighted by Gasteiger charge is -2.19. The molecule has 146 valence electrons. The third-order valence-corrected chi connectivity index (χ3v) is 4.03. The van der Waals surface area contributed by atoms with Gasteiger partial charge in [0.15, 0.2) is 5.69 Å². The number of carbonyl (C=O) groups is 1. The van der Waals surface area contributed by atoms with Crippen LogP contribution >= 0.6 is 0 Å². The Morgan fingerprint density at radius 2 is 1.71 bits per heavy atom. The third kappa shape index (κ3) is 3.88. The number of hydrogen-bond acceptors (Lipinski definition) is 2. The minimum absolute atomic E-state index is 0.0404. The van der Waals surface area contributed by atoms with Crippen LogP contribution in [-0.4, -0.2) is 27.6 Å². The van der Waals surface area contributed by atoms with E-state index in [-0.39, 0.29) is 6.54 Å². The highest BCUT2D eigenvalue weighted by Gasteiger charge is 2.41. The molecular weight excluding hydrogens is 381 g/mol. The van der Waals surface area contributed by atoms with E-state index >= 15 is 0 Å². The van der Waals surface area contributed by atoms with Crippen molar-refractivity contribution in [1.82, 2.24) is 14.7 Å². The van der Waals surface area contributed by atoms with Crippen molar-refractivity contribution in [3.63, 3.8) is 0 Å². The predicted molar refractivity (Wildman–Crippen MR) is 90.7 cm³/mol. The van der Waals surface area contributed by atoms with Gasteiger partial charge in [-0.15, -0.1) is 0 Å². The van der Waals surface area contributed by atoms with Crippen LogP contribution in [0.3, 0.4) is 0 Å². The first-order chi connectivity index (χ1) is 13.2. The molecule has 1 heterocycles. The molecular formula is C19H14F5N3O. The Kier molecular flexibility index (Phi) is 5.17. The van der Waals surface area contributed by atoms with E-state index in [2.05, 4.69) is 5.10 Å². The number of rotatable bonds is 4. The van der Waals surface area contributed by atoms with Crippen LogP contribution in [0.5, 0.6) is 0 Å². The molecule has 4 nitrogen and oxygen atoms in total. The minimum Gasteiger partial charge on any atom is -0.337 e. The second kappa shape index (κ2) is 7.41. The summed E-state index contributed by atoms with van der Waals surface area (Å²) in [6, 6.07) is 10.0. The molecule has 0 atom stereocenters. The maximum atomic E-state index is 14.0. The standard InChI is InChI=1S/C19H14F5N3O/c1-26(11-12-6-8-13(20)9-7-12)18(28)14-10-25-27(17(14)19(22,23)24)16-5-3-2-4-15(16)21/h2-10H,11H2,1H3. The lowest BCUT2D eigenvalue weighted by Crippen LogP contribution is -2.28. The maximum Gasteiger partial charge on any atom is 0.434 e. The Bertz CT molecular complexity index is 996. The number of carbonyl (C=O) groups excluding carboxylic acids is 1. The van der Waals surface area contributed by atoms with Crippen molar-refractivity contribution in [2.24, 2.45) is 0 Å². The maximum absolute atomic E-state index is 14.0. The molecule has 0 spiro atoms. The largest absolute Gasteiger partial charge is 0.434 e. The van der Waals surface area contributed by atoms with Crippen LogP contribution in [0.1, 0.15) is 21.6 Å². The first-order valence-corrected chi connectivity index (χ1v) is 8.08. The molecule has 0 N–H and O–H groups in total. The van der Waals surface area contributed by atoms with Crippen LogP contribution in [0.4, 0.5) is 22.0 Å². The van der Waals surface area contributed by atoms with Crippen molar-refractivity contribution in [2.75, 3.05) is 7.05 Å². The van der Waals surface area contributed by atoms with E-state index in [9.17, 15) is 26.7 Å². The summed E-state index contributed by atoms with van der Waals surface area (Å²) in [5, 5.41) is 3.60. The van der Waals surface area contributed by atoms with E-state index in [0.717, 1.165) is 23.2 Å². The van der Waals surface area contributed by atoms with Gasteiger partial charge in [0.25, 0.3) is 5.91 Å². The highest BCUT2D eigenvalue weighted by atomic mass is 19.4. The van der Waals surface area contributed by atoms with Gasteiger partial charge in [-0.05, 0) is 29.8 Å². The second-order valence-corrected chi connectivity index (χ2v) is 6.06. The van der Waals surface area contributed by atoms with Gasteiger partial charge < -0.3 is 4.90 Å². The predicted octanol–water partition coefficient (Wildman–Crippen LogP) is 4.44. The van der Waals surface area contributed by atoms with Crippen LogP contribution in [0.25, 0.3) is 5.69 Å². The molecule has 28 heavy (non-hydrogen) atoms. The van der Waals surface area contributed by atoms with Gasteiger partial charge in [0.2, 0.25) is 0 Å². The number of hydrogen-bond donors (Lipinski definition) is 0. The van der Waals surface area contributed by atoms with E-state index in [4.69, 9.17) is 0 Å². The number of benzene rings is 2. The summed E-state index contributed by atoms with van der Waals surface area (Å²) in [4.78, 5) is 13.7. The summed E-state index contributed by atoms with van der Waals surface area (Å²) in [6.45, 7) is -0.0404. The molecule has 0 fully saturated rings. The smallest absolute Gasteiger partial charge is 0.337 e. The monoisotopic (exact) mass is 395 g/mol. The average molecular weight is 395 g/mol. The molecule has 9 heteroatoms. The number of para-hydroxylation sites is 1. The quantitative estimate of drug-likeness (QED) is 0.613. The van der Waals surface area contributed by atoms with E-state index < -0.39 is 40.7 Å². The molecule has 0 aliphatic rings. The molecule has 1 amide bonds. The van der Waals surface area contributed by atoms with Gasteiger partial charge in [0, 0.05) is 13.6 Å². The molecule has 0 aliphatic carbocycles. The fourth-order valence-electron chi connectivity index (χ4n) is 2.72. The van der Waals surface area contributed by atoms with Gasteiger partial charge in [-0.1, -0.05) is 24.3 Å². The molecule has 0 bridgehead atoms. The van der Waals surface area contributed by atoms with Crippen LogP contribution < -0.4 is 0 Å². The van der Waals surface area contributed by atoms with Crippen molar-refractivity contribution < 1.29 is 26.7 Å². The van der Waals surface area contributed by atoms with Crippen molar-refractivity contribution >= 4 is 5.91 Å². The summed E-state index contributed by atoms with van der Waals surface area (Å²) >= 11 is 0. The normalized spacial score (nSPS) is 11.5. The van der Waals surface area contributed by atoms with Crippen LogP contribution in [0, 0.1) is 11.6 Å². The first-order valence-electron chi connectivity index (χ1n) is 8.08. The van der Waals surface area contributed by atoms with Gasteiger partial charge >= 0.3 is 6.18 Å². The third-order valence-electron chi connectivity index (χ3n) is 4.03. The van der Waals surface area contributed by atoms with E-state index in [1.165, 1.54) is 43.4 Å². The average Bonchev–Trinajstić information content (AvgIpc) is 3.08. The van der Waals surface area contributed by atoms with Gasteiger partial charge in [0.1, 0.15) is 17.3 Å². The van der Waals surface area contributed by atoms with Crippen molar-refractivity contribution in [2.45, 2.75) is 12.7 Å². The zero-order valence-corrected chi connectivity index (χ0v) is 14.5. The highest BCUT2D eigenvalue weighted by molar-refractivity contribution is 5.95. The molecule has 0 aliphatic heterocycles. The molecule has 0 unspecified atom stereocenters. The Labute approximate surface area is 156 Å². The Morgan fingerprint density at radius 3 is 2.32 bits per heavy atom. The van der Waals surface area contributed by atoms with Gasteiger partial charge in [-0.3, -0.25) is 4.79 Å². The van der Waals surface area contributed by atoms with Crippen LogP contribution in [0.15, 0.2) is 54.7 Å². The van der Waals surface area contributed by atoms with Crippen LogP contribution in [-0.2, 0) is 12.7 Å². The fraction of sp³-hybridized carbons (Fsp3) is 0.158. The summed E-state index contributed by atoms with van der Waals surface area (Å²) < 4.78 is 68.3. The lowest BCUT2D eigenvalue weighted by molar-refractivity contribution is -0.143. The van der Waals surface area contributed by atoms with Gasteiger partial charge in [0.05, 0.1) is 11.8 Å². The van der Waals surface area contributed by atoms with Crippen molar-refractivity contribution in [3.05, 3.63) is 83.2 Å². The number of aromatic nitrogens is 2. The molecule has 1 aromatic heterocycles. The number of alkyl halides is 3. The Morgan fingerprint density at radius 1 is 1.07 bits per heavy atom. The van der Waals surface area contributed by atoms with Crippen molar-refractivity contribution in [3.8, 4) is 5.69 Å². The number of halogens is 5. The summed E-state index contributed by atoms with van der Waals surface area (Å²) in [5.41, 5.74) is -1.96. The SMILES string of the molecule is CN(Cc1ccc(F)cc1)C(=O)c1cnn(-c2ccccc2F)c1C(F)(F)F. The minimum atomic E-state index is -4.94. The molecule has 0 radical (unpaired) electrons. The zero-order chi connectivity index (χ0) is 20.5. The topological polar surface area (TPSA) is 38.1 Å². The van der Waals surface area contributed by atoms with E-state index in [1.54, 1.807) is 0 Å². The molecule has 3 rings (SSSR count). The Hall–Kier alpha value is -3.23. The summed E-state index contributed by atoms with van der Waals surface area (Å²) in [6.07, 6.45) is -4.18. The van der Waals surface area contributed by atoms with Gasteiger partial charge in [-0.2, -0.15) is 18.3 Å². The number of amides is 1. The van der Waals surface area contributed by atoms with E-state index in [0.29, 0.717) is 10.2 Å². The Balaban J connectivity index is 1.98. The first kappa shape index (κ1) is 19.5. The highest BCUT2D eigenvalue weighted by Crippen LogP contribution is 2.34. The number of nitrogens with zero attached hydrogens (tertiary/aromatic N) is 3. The fourth-order valence-corrected chi connectivity index (χ4v) is 2.72. The lowest BCUT2D eigenvalue weighted by atomic mass is 10.1. The van der Waals surface area contributed by atoms with Gasteiger partial charge in [-0.25, -0.2) is 13.5 Å². The molecule has 0 saturated carbocycles. The zero-order valence-electron chi connectivity index (χ0n) is 14.5. The van der Waals surface area contributed by atoms with E-state index in [1.807, 2.05) is 0 Å².